The maximum Gasteiger partial charge on any atom is 0.0737 e. The standard InChI is InChI=1S/C15H20Cl2INO/c1-14(20)5-6-15(9-19-2,8-13(14)18)10-3-4-11(16)12(17)7-10/h3-4,7,13,19-20H,5-6,8-9H2,1-2H3. The molecule has 0 aliphatic heterocycles. The lowest BCUT2D eigenvalue weighted by Crippen LogP contribution is -2.50. The van der Waals surface area contributed by atoms with Gasteiger partial charge < -0.3 is 10.4 Å². The average molecular weight is 428 g/mol. The van der Waals surface area contributed by atoms with Gasteiger partial charge in [-0.3, -0.25) is 0 Å². The highest BCUT2D eigenvalue weighted by atomic mass is 127. The van der Waals surface area contributed by atoms with Crippen LogP contribution in [-0.4, -0.2) is 28.2 Å². The van der Waals surface area contributed by atoms with Gasteiger partial charge in [-0.05, 0) is 50.9 Å². The molecule has 3 atom stereocenters. The fraction of sp³-hybridized carbons (Fsp3) is 0.600. The maximum atomic E-state index is 10.4. The van der Waals surface area contributed by atoms with Crippen LogP contribution in [-0.2, 0) is 5.41 Å². The van der Waals surface area contributed by atoms with Crippen molar-refractivity contribution >= 4 is 45.8 Å². The molecule has 0 radical (unpaired) electrons. The van der Waals surface area contributed by atoms with Crippen LogP contribution in [0.5, 0.6) is 0 Å². The van der Waals surface area contributed by atoms with Crippen LogP contribution in [0.4, 0.5) is 0 Å². The van der Waals surface area contributed by atoms with Gasteiger partial charge in [-0.1, -0.05) is 51.9 Å². The number of halogens is 3. The molecular formula is C15H20Cl2INO. The quantitative estimate of drug-likeness (QED) is 0.559. The van der Waals surface area contributed by atoms with Gasteiger partial charge in [-0.15, -0.1) is 0 Å². The minimum Gasteiger partial charge on any atom is -0.389 e. The highest BCUT2D eigenvalue weighted by Crippen LogP contribution is 2.46. The van der Waals surface area contributed by atoms with E-state index in [2.05, 4.69) is 34.0 Å². The molecule has 1 saturated carbocycles. The Hall–Kier alpha value is 0.450. The number of alkyl halides is 1. The van der Waals surface area contributed by atoms with Gasteiger partial charge in [0, 0.05) is 15.9 Å². The van der Waals surface area contributed by atoms with Gasteiger partial charge >= 0.3 is 0 Å². The Morgan fingerprint density at radius 3 is 2.60 bits per heavy atom. The molecule has 1 aliphatic carbocycles. The first-order valence-corrected chi connectivity index (χ1v) is 8.77. The van der Waals surface area contributed by atoms with Crippen LogP contribution in [0.3, 0.4) is 0 Å². The SMILES string of the molecule is CNCC1(c2ccc(Cl)c(Cl)c2)CCC(C)(O)C(I)C1. The van der Waals surface area contributed by atoms with E-state index in [0.717, 1.165) is 25.8 Å². The molecule has 3 unspecified atom stereocenters. The van der Waals surface area contributed by atoms with Gasteiger partial charge in [0.05, 0.1) is 15.6 Å². The molecule has 0 spiro atoms. The van der Waals surface area contributed by atoms with Gasteiger partial charge in [0.25, 0.3) is 0 Å². The Labute approximate surface area is 144 Å². The van der Waals surface area contributed by atoms with E-state index in [1.165, 1.54) is 5.56 Å². The van der Waals surface area contributed by atoms with E-state index in [9.17, 15) is 5.11 Å². The normalized spacial score (nSPS) is 34.2. The molecule has 1 aliphatic rings. The number of nitrogens with one attached hydrogen (secondary N) is 1. The highest BCUT2D eigenvalue weighted by Gasteiger charge is 2.45. The van der Waals surface area contributed by atoms with E-state index in [1.807, 2.05) is 26.1 Å². The molecule has 0 heterocycles. The molecule has 0 bridgehead atoms. The maximum absolute atomic E-state index is 10.4. The predicted octanol–water partition coefficient (Wildman–Crippen LogP) is 4.19. The molecule has 1 fully saturated rings. The number of likely N-dealkylation sites (N-methyl/N-ethyl adjacent to an activating group) is 1. The Morgan fingerprint density at radius 2 is 2.05 bits per heavy atom. The molecule has 112 valence electrons. The van der Waals surface area contributed by atoms with Crippen molar-refractivity contribution in [1.29, 1.82) is 0 Å². The molecular weight excluding hydrogens is 408 g/mol. The fourth-order valence-corrected chi connectivity index (χ4v) is 4.46. The van der Waals surface area contributed by atoms with Crippen LogP contribution in [0.2, 0.25) is 10.0 Å². The summed E-state index contributed by atoms with van der Waals surface area (Å²) in [6.45, 7) is 2.81. The molecule has 1 aromatic rings. The van der Waals surface area contributed by atoms with E-state index >= 15 is 0 Å². The van der Waals surface area contributed by atoms with Crippen LogP contribution in [0, 0.1) is 0 Å². The number of rotatable bonds is 3. The van der Waals surface area contributed by atoms with Gasteiger partial charge in [-0.25, -0.2) is 0 Å². The van der Waals surface area contributed by atoms with Gasteiger partial charge in [0.2, 0.25) is 0 Å². The molecule has 5 heteroatoms. The third kappa shape index (κ3) is 3.27. The van der Waals surface area contributed by atoms with Gasteiger partial charge in [0.15, 0.2) is 0 Å². The van der Waals surface area contributed by atoms with Crippen LogP contribution in [0.1, 0.15) is 31.7 Å². The van der Waals surface area contributed by atoms with Gasteiger partial charge in [0.1, 0.15) is 0 Å². The summed E-state index contributed by atoms with van der Waals surface area (Å²) in [5.74, 6) is 0. The summed E-state index contributed by atoms with van der Waals surface area (Å²) in [7, 11) is 1.97. The summed E-state index contributed by atoms with van der Waals surface area (Å²) in [6.07, 6.45) is 2.67. The van der Waals surface area contributed by atoms with Crippen molar-refractivity contribution in [3.63, 3.8) is 0 Å². The molecule has 0 saturated heterocycles. The summed E-state index contributed by atoms with van der Waals surface area (Å²) in [6, 6.07) is 5.91. The summed E-state index contributed by atoms with van der Waals surface area (Å²) >= 11 is 14.6. The van der Waals surface area contributed by atoms with E-state index in [1.54, 1.807) is 0 Å². The lowest BCUT2D eigenvalue weighted by atomic mass is 9.65. The Bertz CT molecular complexity index is 495. The van der Waals surface area contributed by atoms with Crippen molar-refractivity contribution in [3.05, 3.63) is 33.8 Å². The Kier molecular flexibility index (Phi) is 5.29. The van der Waals surface area contributed by atoms with Crippen molar-refractivity contribution in [2.45, 2.75) is 41.1 Å². The summed E-state index contributed by atoms with van der Waals surface area (Å²) in [5, 5.41) is 14.9. The molecule has 2 N–H and O–H groups in total. The number of aliphatic hydroxyl groups is 1. The number of hydrogen-bond donors (Lipinski definition) is 2. The molecule has 0 aromatic heterocycles. The van der Waals surface area contributed by atoms with Crippen molar-refractivity contribution in [1.82, 2.24) is 5.32 Å². The molecule has 0 amide bonds. The van der Waals surface area contributed by atoms with Crippen LogP contribution in [0.15, 0.2) is 18.2 Å². The zero-order valence-corrected chi connectivity index (χ0v) is 15.4. The topological polar surface area (TPSA) is 32.3 Å². The smallest absolute Gasteiger partial charge is 0.0737 e. The largest absolute Gasteiger partial charge is 0.389 e. The zero-order valence-electron chi connectivity index (χ0n) is 11.7. The van der Waals surface area contributed by atoms with E-state index in [0.29, 0.717) is 10.0 Å². The highest BCUT2D eigenvalue weighted by molar-refractivity contribution is 14.1. The van der Waals surface area contributed by atoms with Crippen molar-refractivity contribution in [2.24, 2.45) is 0 Å². The second-order valence-corrected chi connectivity index (χ2v) is 8.29. The fourth-order valence-electron chi connectivity index (χ4n) is 3.00. The van der Waals surface area contributed by atoms with Crippen LogP contribution >= 0.6 is 45.8 Å². The second kappa shape index (κ2) is 6.29. The third-order valence-electron chi connectivity index (χ3n) is 4.40. The zero-order chi connectivity index (χ0) is 15.0. The summed E-state index contributed by atoms with van der Waals surface area (Å²) < 4.78 is 0.219. The minimum absolute atomic E-state index is 0.0110. The average Bonchev–Trinajstić information content (AvgIpc) is 2.38. The monoisotopic (exact) mass is 427 g/mol. The van der Waals surface area contributed by atoms with E-state index in [-0.39, 0.29) is 9.34 Å². The minimum atomic E-state index is -0.589. The summed E-state index contributed by atoms with van der Waals surface area (Å²) in [5.41, 5.74) is 0.629. The van der Waals surface area contributed by atoms with Crippen molar-refractivity contribution < 1.29 is 5.11 Å². The van der Waals surface area contributed by atoms with Gasteiger partial charge in [-0.2, -0.15) is 0 Å². The lowest BCUT2D eigenvalue weighted by molar-refractivity contribution is 0.0122. The van der Waals surface area contributed by atoms with E-state index < -0.39 is 5.60 Å². The van der Waals surface area contributed by atoms with Crippen molar-refractivity contribution in [3.8, 4) is 0 Å². The third-order valence-corrected chi connectivity index (χ3v) is 6.92. The van der Waals surface area contributed by atoms with E-state index in [4.69, 9.17) is 23.2 Å². The first-order valence-electron chi connectivity index (χ1n) is 6.77. The molecule has 2 nitrogen and oxygen atoms in total. The second-order valence-electron chi connectivity index (χ2n) is 5.97. The molecule has 1 aromatic carbocycles. The van der Waals surface area contributed by atoms with Crippen LogP contribution < -0.4 is 5.32 Å². The first-order chi connectivity index (χ1) is 9.31. The number of hydrogen-bond acceptors (Lipinski definition) is 2. The first kappa shape index (κ1) is 16.8. The van der Waals surface area contributed by atoms with Crippen LogP contribution in [0.25, 0.3) is 0 Å². The lowest BCUT2D eigenvalue weighted by Gasteiger charge is -2.46. The Balaban J connectivity index is 2.37. The predicted molar refractivity (Wildman–Crippen MR) is 94.3 cm³/mol. The Morgan fingerprint density at radius 1 is 1.35 bits per heavy atom. The molecule has 2 rings (SSSR count). The molecule has 20 heavy (non-hydrogen) atoms. The number of benzene rings is 1. The summed E-state index contributed by atoms with van der Waals surface area (Å²) in [4.78, 5) is 0. The van der Waals surface area contributed by atoms with Crippen molar-refractivity contribution in [2.75, 3.05) is 13.6 Å².